The molecule has 1 aliphatic rings. The topological polar surface area (TPSA) is 76.1 Å². The summed E-state index contributed by atoms with van der Waals surface area (Å²) in [6.07, 6.45) is 6.30. The SMILES string of the molecule is COc1ccc(NC(=O)CSc2nnc(NC3CCCCC3)s2)cc1. The molecule has 0 spiro atoms. The predicted octanol–water partition coefficient (Wildman–Crippen LogP) is 4.02. The van der Waals surface area contributed by atoms with Gasteiger partial charge in [0.05, 0.1) is 12.9 Å². The Kier molecular flexibility index (Phi) is 6.52. The van der Waals surface area contributed by atoms with E-state index < -0.39 is 0 Å². The molecule has 1 amide bonds. The lowest BCUT2D eigenvalue weighted by atomic mass is 9.96. The minimum absolute atomic E-state index is 0.0628. The summed E-state index contributed by atoms with van der Waals surface area (Å²) < 4.78 is 5.91. The predicted molar refractivity (Wildman–Crippen MR) is 103 cm³/mol. The third-order valence-corrected chi connectivity index (χ3v) is 6.03. The molecule has 0 saturated heterocycles. The minimum Gasteiger partial charge on any atom is -0.497 e. The van der Waals surface area contributed by atoms with Gasteiger partial charge >= 0.3 is 0 Å². The smallest absolute Gasteiger partial charge is 0.234 e. The first-order valence-corrected chi connectivity index (χ1v) is 10.2. The maximum absolute atomic E-state index is 12.0. The summed E-state index contributed by atoms with van der Waals surface area (Å²) in [6.45, 7) is 0. The fraction of sp³-hybridized carbons (Fsp3) is 0.471. The number of nitrogens with one attached hydrogen (secondary N) is 2. The summed E-state index contributed by atoms with van der Waals surface area (Å²) in [5, 5.41) is 15.5. The summed E-state index contributed by atoms with van der Waals surface area (Å²) in [5.41, 5.74) is 0.753. The van der Waals surface area contributed by atoms with Crippen molar-refractivity contribution in [2.45, 2.75) is 42.5 Å². The van der Waals surface area contributed by atoms with Gasteiger partial charge in [0.25, 0.3) is 0 Å². The highest BCUT2D eigenvalue weighted by Crippen LogP contribution is 2.28. The number of carbonyl (C=O) groups excluding carboxylic acids is 1. The number of hydrogen-bond acceptors (Lipinski definition) is 7. The number of benzene rings is 1. The molecule has 1 fully saturated rings. The summed E-state index contributed by atoms with van der Waals surface area (Å²) >= 11 is 2.92. The number of methoxy groups -OCH3 is 1. The standard InChI is InChI=1S/C17H22N4O2S2/c1-23-14-9-7-13(8-10-14)18-15(22)11-24-17-21-20-16(25-17)19-12-5-3-2-4-6-12/h7-10,12H,2-6,11H2,1H3,(H,18,22)(H,19,20). The van der Waals surface area contributed by atoms with Gasteiger partial charge in [0.2, 0.25) is 11.0 Å². The average molecular weight is 379 g/mol. The lowest BCUT2D eigenvalue weighted by molar-refractivity contribution is -0.113. The summed E-state index contributed by atoms with van der Waals surface area (Å²) in [5.74, 6) is 1.01. The van der Waals surface area contributed by atoms with Gasteiger partial charge in [0, 0.05) is 11.7 Å². The first kappa shape index (κ1) is 18.0. The van der Waals surface area contributed by atoms with E-state index in [1.54, 1.807) is 7.11 Å². The van der Waals surface area contributed by atoms with Crippen molar-refractivity contribution in [3.05, 3.63) is 24.3 Å². The van der Waals surface area contributed by atoms with Crippen LogP contribution in [0.3, 0.4) is 0 Å². The number of nitrogens with zero attached hydrogens (tertiary/aromatic N) is 2. The van der Waals surface area contributed by atoms with Crippen LogP contribution < -0.4 is 15.4 Å². The van der Waals surface area contributed by atoms with Gasteiger partial charge in [0.15, 0.2) is 4.34 Å². The Balaban J connectivity index is 1.43. The Hall–Kier alpha value is -1.80. The number of carbonyl (C=O) groups is 1. The molecule has 0 bridgehead atoms. The van der Waals surface area contributed by atoms with Crippen LogP contribution in [0.5, 0.6) is 5.75 Å². The van der Waals surface area contributed by atoms with Crippen LogP contribution in [0, 0.1) is 0 Å². The Morgan fingerprint density at radius 1 is 1.24 bits per heavy atom. The minimum atomic E-state index is -0.0628. The van der Waals surface area contributed by atoms with Gasteiger partial charge in [-0.05, 0) is 37.1 Å². The molecule has 0 aliphatic heterocycles. The number of hydrogen-bond donors (Lipinski definition) is 2. The molecule has 1 aromatic heterocycles. The Morgan fingerprint density at radius 3 is 2.72 bits per heavy atom. The van der Waals surface area contributed by atoms with Crippen LogP contribution >= 0.6 is 23.1 Å². The van der Waals surface area contributed by atoms with Gasteiger partial charge in [-0.2, -0.15) is 0 Å². The van der Waals surface area contributed by atoms with Gasteiger partial charge in [-0.1, -0.05) is 42.4 Å². The number of aromatic nitrogens is 2. The number of thioether (sulfide) groups is 1. The molecule has 0 unspecified atom stereocenters. The second-order valence-corrected chi connectivity index (χ2v) is 8.12. The summed E-state index contributed by atoms with van der Waals surface area (Å²) in [7, 11) is 1.61. The number of anilines is 2. The highest BCUT2D eigenvalue weighted by molar-refractivity contribution is 8.01. The van der Waals surface area contributed by atoms with E-state index >= 15 is 0 Å². The van der Waals surface area contributed by atoms with E-state index in [4.69, 9.17) is 4.74 Å². The van der Waals surface area contributed by atoms with E-state index in [0.29, 0.717) is 11.8 Å². The number of amides is 1. The van der Waals surface area contributed by atoms with E-state index in [1.807, 2.05) is 24.3 Å². The molecule has 1 saturated carbocycles. The van der Waals surface area contributed by atoms with Crippen molar-refractivity contribution < 1.29 is 9.53 Å². The number of rotatable bonds is 7. The Bertz CT molecular complexity index is 684. The monoisotopic (exact) mass is 378 g/mol. The van der Waals surface area contributed by atoms with Crippen LogP contribution in [0.4, 0.5) is 10.8 Å². The fourth-order valence-corrected chi connectivity index (χ4v) is 4.38. The van der Waals surface area contributed by atoms with Crippen LogP contribution in [-0.4, -0.2) is 35.0 Å². The van der Waals surface area contributed by atoms with Gasteiger partial charge < -0.3 is 15.4 Å². The lowest BCUT2D eigenvalue weighted by Gasteiger charge is -2.21. The molecular weight excluding hydrogens is 356 g/mol. The first-order valence-electron chi connectivity index (χ1n) is 8.39. The van der Waals surface area contributed by atoms with E-state index in [2.05, 4.69) is 20.8 Å². The summed E-state index contributed by atoms with van der Waals surface area (Å²) in [6, 6.07) is 7.78. The maximum Gasteiger partial charge on any atom is 0.234 e. The zero-order chi connectivity index (χ0) is 17.5. The molecule has 134 valence electrons. The Labute approximate surface area is 155 Å². The molecule has 8 heteroatoms. The lowest BCUT2D eigenvalue weighted by Crippen LogP contribution is -2.21. The third-order valence-electron chi connectivity index (χ3n) is 4.04. The zero-order valence-electron chi connectivity index (χ0n) is 14.2. The second-order valence-electron chi connectivity index (χ2n) is 5.92. The number of ether oxygens (including phenoxy) is 1. The molecule has 0 atom stereocenters. The molecular formula is C17H22N4O2S2. The largest absolute Gasteiger partial charge is 0.497 e. The van der Waals surface area contributed by atoms with E-state index in [-0.39, 0.29) is 5.91 Å². The zero-order valence-corrected chi connectivity index (χ0v) is 15.8. The normalized spacial score (nSPS) is 14.9. The van der Waals surface area contributed by atoms with Crippen molar-refractivity contribution >= 4 is 39.8 Å². The summed E-state index contributed by atoms with van der Waals surface area (Å²) in [4.78, 5) is 12.0. The highest BCUT2D eigenvalue weighted by atomic mass is 32.2. The molecule has 1 aromatic carbocycles. The molecule has 1 heterocycles. The maximum atomic E-state index is 12.0. The van der Waals surface area contributed by atoms with E-state index in [0.717, 1.165) is 20.9 Å². The van der Waals surface area contributed by atoms with Crippen molar-refractivity contribution in [3.8, 4) is 5.75 Å². The van der Waals surface area contributed by atoms with Crippen LogP contribution in [0.15, 0.2) is 28.6 Å². The van der Waals surface area contributed by atoms with Gasteiger partial charge in [-0.15, -0.1) is 10.2 Å². The average Bonchev–Trinajstić information content (AvgIpc) is 3.09. The van der Waals surface area contributed by atoms with Gasteiger partial charge in [0.1, 0.15) is 5.75 Å². The van der Waals surface area contributed by atoms with Gasteiger partial charge in [-0.25, -0.2) is 0 Å². The van der Waals surface area contributed by atoms with Crippen LogP contribution in [-0.2, 0) is 4.79 Å². The molecule has 2 aromatic rings. The second kappa shape index (κ2) is 9.05. The molecule has 1 aliphatic carbocycles. The molecule has 2 N–H and O–H groups in total. The van der Waals surface area contributed by atoms with E-state index in [1.165, 1.54) is 55.2 Å². The van der Waals surface area contributed by atoms with Crippen molar-refractivity contribution in [1.29, 1.82) is 0 Å². The van der Waals surface area contributed by atoms with Crippen molar-refractivity contribution in [2.24, 2.45) is 0 Å². The van der Waals surface area contributed by atoms with Crippen LogP contribution in [0.1, 0.15) is 32.1 Å². The molecule has 0 radical (unpaired) electrons. The van der Waals surface area contributed by atoms with Gasteiger partial charge in [-0.3, -0.25) is 4.79 Å². The quantitative estimate of drug-likeness (QED) is 0.709. The van der Waals surface area contributed by atoms with Crippen molar-refractivity contribution in [1.82, 2.24) is 10.2 Å². The van der Waals surface area contributed by atoms with Crippen LogP contribution in [0.2, 0.25) is 0 Å². The van der Waals surface area contributed by atoms with Crippen molar-refractivity contribution in [2.75, 3.05) is 23.5 Å². The highest BCUT2D eigenvalue weighted by Gasteiger charge is 2.15. The van der Waals surface area contributed by atoms with E-state index in [9.17, 15) is 4.79 Å². The third kappa shape index (κ3) is 5.61. The molecule has 6 nitrogen and oxygen atoms in total. The fourth-order valence-electron chi connectivity index (χ4n) is 2.75. The Morgan fingerprint density at radius 2 is 2.00 bits per heavy atom. The van der Waals surface area contributed by atoms with Crippen molar-refractivity contribution in [3.63, 3.8) is 0 Å². The first-order chi connectivity index (χ1) is 12.2. The van der Waals surface area contributed by atoms with Crippen LogP contribution in [0.25, 0.3) is 0 Å². The molecule has 25 heavy (non-hydrogen) atoms. The molecule has 3 rings (SSSR count).